The van der Waals surface area contributed by atoms with Crippen molar-refractivity contribution in [2.45, 2.75) is 33.2 Å². The van der Waals surface area contributed by atoms with E-state index in [1.807, 2.05) is 13.0 Å². The van der Waals surface area contributed by atoms with Crippen molar-refractivity contribution in [3.05, 3.63) is 34.3 Å². The second-order valence-corrected chi connectivity index (χ2v) is 4.71. The Morgan fingerprint density at radius 1 is 1.40 bits per heavy atom. The van der Waals surface area contributed by atoms with Crippen LogP contribution in [0.5, 0.6) is 0 Å². The zero-order chi connectivity index (χ0) is 11.4. The Morgan fingerprint density at radius 3 is 2.53 bits per heavy atom. The average Bonchev–Trinajstić information content (AvgIpc) is 2.19. The van der Waals surface area contributed by atoms with E-state index < -0.39 is 0 Å². The van der Waals surface area contributed by atoms with E-state index in [4.69, 9.17) is 17.4 Å². The van der Waals surface area contributed by atoms with Gasteiger partial charge in [0.05, 0.1) is 0 Å². The first-order valence-corrected chi connectivity index (χ1v) is 5.63. The van der Waals surface area contributed by atoms with Crippen molar-refractivity contribution < 1.29 is 0 Å². The third-order valence-electron chi connectivity index (χ3n) is 2.70. The lowest BCUT2D eigenvalue weighted by Gasteiger charge is -2.20. The monoisotopic (exact) mass is 226 g/mol. The molecule has 0 aliphatic heterocycles. The van der Waals surface area contributed by atoms with Crippen molar-refractivity contribution in [1.82, 2.24) is 5.43 Å². The summed E-state index contributed by atoms with van der Waals surface area (Å²) in [5.41, 5.74) is 5.24. The number of nitrogens with two attached hydrogens (primary N) is 1. The van der Waals surface area contributed by atoms with Crippen LogP contribution in [0.2, 0.25) is 5.02 Å². The maximum absolute atomic E-state index is 5.97. The summed E-state index contributed by atoms with van der Waals surface area (Å²) >= 11 is 5.97. The quantitative estimate of drug-likeness (QED) is 0.612. The summed E-state index contributed by atoms with van der Waals surface area (Å²) < 4.78 is 0. The smallest absolute Gasteiger partial charge is 0.0435 e. The fourth-order valence-corrected chi connectivity index (χ4v) is 1.69. The van der Waals surface area contributed by atoms with Crippen molar-refractivity contribution in [1.29, 1.82) is 0 Å². The van der Waals surface area contributed by atoms with Gasteiger partial charge in [0.1, 0.15) is 0 Å². The highest BCUT2D eigenvalue weighted by molar-refractivity contribution is 6.31. The second kappa shape index (κ2) is 5.50. The number of hydrazine groups is 1. The summed E-state index contributed by atoms with van der Waals surface area (Å²) in [6.45, 7) is 6.34. The molecule has 1 aromatic carbocycles. The van der Waals surface area contributed by atoms with E-state index in [9.17, 15) is 0 Å². The van der Waals surface area contributed by atoms with Crippen molar-refractivity contribution >= 4 is 11.6 Å². The molecule has 3 N–H and O–H groups in total. The molecule has 0 radical (unpaired) electrons. The summed E-state index contributed by atoms with van der Waals surface area (Å²) in [7, 11) is 0. The number of benzene rings is 1. The predicted octanol–water partition coefficient (Wildman–Crippen LogP) is 2.68. The molecule has 0 aliphatic carbocycles. The zero-order valence-electron chi connectivity index (χ0n) is 9.55. The van der Waals surface area contributed by atoms with E-state index in [0.29, 0.717) is 12.0 Å². The molecule has 84 valence electrons. The minimum atomic E-state index is 0.311. The molecule has 0 saturated heterocycles. The van der Waals surface area contributed by atoms with Crippen LogP contribution in [0.3, 0.4) is 0 Å². The fourth-order valence-electron chi connectivity index (χ4n) is 1.57. The number of halogens is 1. The van der Waals surface area contributed by atoms with Crippen LogP contribution in [0.15, 0.2) is 18.2 Å². The van der Waals surface area contributed by atoms with Crippen molar-refractivity contribution in [3.63, 3.8) is 0 Å². The Bertz CT molecular complexity index is 323. The zero-order valence-corrected chi connectivity index (χ0v) is 10.3. The molecule has 1 aromatic rings. The van der Waals surface area contributed by atoms with Gasteiger partial charge >= 0.3 is 0 Å². The fraction of sp³-hybridized carbons (Fsp3) is 0.500. The number of hydrogen-bond donors (Lipinski definition) is 2. The molecule has 1 rings (SSSR count). The molecule has 0 heterocycles. The topological polar surface area (TPSA) is 38.0 Å². The molecule has 2 nitrogen and oxygen atoms in total. The van der Waals surface area contributed by atoms with Crippen molar-refractivity contribution in [3.8, 4) is 0 Å². The summed E-state index contributed by atoms with van der Waals surface area (Å²) in [5, 5.41) is 0.820. The Balaban J connectivity index is 2.75. The molecule has 0 fully saturated rings. The van der Waals surface area contributed by atoms with Crippen LogP contribution in [-0.4, -0.2) is 6.04 Å². The van der Waals surface area contributed by atoms with Gasteiger partial charge in [-0.3, -0.25) is 11.3 Å². The van der Waals surface area contributed by atoms with E-state index >= 15 is 0 Å². The lowest BCUT2D eigenvalue weighted by atomic mass is 9.96. The summed E-state index contributed by atoms with van der Waals surface area (Å²) in [6, 6.07) is 6.43. The second-order valence-electron chi connectivity index (χ2n) is 4.30. The maximum Gasteiger partial charge on any atom is 0.0435 e. The van der Waals surface area contributed by atoms with Gasteiger partial charge in [-0.25, -0.2) is 0 Å². The Kier molecular flexibility index (Phi) is 4.58. The minimum absolute atomic E-state index is 0.311. The molecule has 1 atom stereocenters. The lowest BCUT2D eigenvalue weighted by molar-refractivity contribution is 0.404. The van der Waals surface area contributed by atoms with E-state index in [0.717, 1.165) is 17.0 Å². The van der Waals surface area contributed by atoms with Gasteiger partial charge in [0.15, 0.2) is 0 Å². The molecule has 15 heavy (non-hydrogen) atoms. The van der Waals surface area contributed by atoms with E-state index in [1.54, 1.807) is 0 Å². The van der Waals surface area contributed by atoms with Gasteiger partial charge in [0.2, 0.25) is 0 Å². The number of aryl methyl sites for hydroxylation is 1. The standard InChI is InChI=1S/C12H19ClN2/c1-8(2)12(15-14)7-10-4-5-11(13)9(3)6-10/h4-6,8,12,15H,7,14H2,1-3H3. The highest BCUT2D eigenvalue weighted by Crippen LogP contribution is 2.18. The van der Waals surface area contributed by atoms with Gasteiger partial charge in [-0.15, -0.1) is 0 Å². The van der Waals surface area contributed by atoms with Gasteiger partial charge in [0, 0.05) is 11.1 Å². The van der Waals surface area contributed by atoms with Crippen LogP contribution >= 0.6 is 11.6 Å². The molecule has 0 saturated carbocycles. The molecule has 0 bridgehead atoms. The number of nitrogens with one attached hydrogen (secondary N) is 1. The van der Waals surface area contributed by atoms with E-state index in [1.165, 1.54) is 5.56 Å². The molecular weight excluding hydrogens is 208 g/mol. The maximum atomic E-state index is 5.97. The molecule has 0 spiro atoms. The van der Waals surface area contributed by atoms with Gasteiger partial charge in [-0.1, -0.05) is 37.6 Å². The largest absolute Gasteiger partial charge is 0.271 e. The van der Waals surface area contributed by atoms with Crippen LogP contribution in [0.25, 0.3) is 0 Å². The minimum Gasteiger partial charge on any atom is -0.271 e. The first-order chi connectivity index (χ1) is 7.04. The first kappa shape index (κ1) is 12.5. The normalized spacial score (nSPS) is 13.2. The molecular formula is C12H19ClN2. The Morgan fingerprint density at radius 2 is 2.07 bits per heavy atom. The highest BCUT2D eigenvalue weighted by Gasteiger charge is 2.12. The lowest BCUT2D eigenvalue weighted by Crippen LogP contribution is -2.40. The van der Waals surface area contributed by atoms with Crippen LogP contribution < -0.4 is 11.3 Å². The van der Waals surface area contributed by atoms with Crippen molar-refractivity contribution in [2.24, 2.45) is 11.8 Å². The third kappa shape index (κ3) is 3.49. The summed E-state index contributed by atoms with van der Waals surface area (Å²) in [6.07, 6.45) is 0.937. The van der Waals surface area contributed by atoms with Crippen LogP contribution in [0.1, 0.15) is 25.0 Å². The van der Waals surface area contributed by atoms with Gasteiger partial charge in [0.25, 0.3) is 0 Å². The van der Waals surface area contributed by atoms with Gasteiger partial charge in [-0.05, 0) is 36.5 Å². The van der Waals surface area contributed by atoms with E-state index in [2.05, 4.69) is 31.4 Å². The van der Waals surface area contributed by atoms with Crippen LogP contribution in [-0.2, 0) is 6.42 Å². The summed E-state index contributed by atoms with van der Waals surface area (Å²) in [5.74, 6) is 6.03. The number of hydrogen-bond acceptors (Lipinski definition) is 2. The van der Waals surface area contributed by atoms with E-state index in [-0.39, 0.29) is 0 Å². The first-order valence-electron chi connectivity index (χ1n) is 5.25. The van der Waals surface area contributed by atoms with Crippen LogP contribution in [0, 0.1) is 12.8 Å². The molecule has 0 aromatic heterocycles. The van der Waals surface area contributed by atoms with Crippen molar-refractivity contribution in [2.75, 3.05) is 0 Å². The van der Waals surface area contributed by atoms with Gasteiger partial charge < -0.3 is 0 Å². The Hall–Kier alpha value is -0.570. The predicted molar refractivity (Wildman–Crippen MR) is 65.8 cm³/mol. The SMILES string of the molecule is Cc1cc(CC(NN)C(C)C)ccc1Cl. The van der Waals surface area contributed by atoms with Gasteiger partial charge in [-0.2, -0.15) is 0 Å². The Labute approximate surface area is 96.8 Å². The molecule has 3 heteroatoms. The molecule has 0 amide bonds. The average molecular weight is 227 g/mol. The third-order valence-corrected chi connectivity index (χ3v) is 3.12. The highest BCUT2D eigenvalue weighted by atomic mass is 35.5. The van der Waals surface area contributed by atoms with Crippen LogP contribution in [0.4, 0.5) is 0 Å². The molecule has 1 unspecified atom stereocenters. The molecule has 0 aliphatic rings. The number of rotatable bonds is 4. The summed E-state index contributed by atoms with van der Waals surface area (Å²) in [4.78, 5) is 0.